The molecule has 0 N–H and O–H groups in total. The number of furan rings is 1. The smallest absolute Gasteiger partial charge is 0.254 e. The van der Waals surface area contributed by atoms with Gasteiger partial charge in [0.1, 0.15) is 5.58 Å². The molecular weight excluding hydrogens is 274 g/mol. The molecule has 0 spiro atoms. The van der Waals surface area contributed by atoms with Gasteiger partial charge in [-0.1, -0.05) is 29.8 Å². The van der Waals surface area contributed by atoms with E-state index in [1.165, 1.54) is 16.7 Å². The second-order valence-electron chi connectivity index (χ2n) is 5.92. The van der Waals surface area contributed by atoms with Crippen LogP contribution in [0.1, 0.15) is 27.0 Å². The maximum absolute atomic E-state index is 12.7. The molecule has 110 valence electrons. The molecule has 2 heterocycles. The van der Waals surface area contributed by atoms with Crippen LogP contribution in [-0.2, 0) is 13.0 Å². The highest BCUT2D eigenvalue weighted by atomic mass is 16.3. The minimum Gasteiger partial charge on any atom is -0.464 e. The summed E-state index contributed by atoms with van der Waals surface area (Å²) in [6.45, 7) is 3.56. The van der Waals surface area contributed by atoms with Crippen LogP contribution in [0, 0.1) is 6.92 Å². The zero-order valence-electron chi connectivity index (χ0n) is 12.5. The summed E-state index contributed by atoms with van der Waals surface area (Å²) < 4.78 is 5.39. The number of hydrogen-bond donors (Lipinski definition) is 0. The van der Waals surface area contributed by atoms with Gasteiger partial charge in [-0.15, -0.1) is 0 Å². The lowest BCUT2D eigenvalue weighted by atomic mass is 9.97. The minimum absolute atomic E-state index is 0.0736. The van der Waals surface area contributed by atoms with Crippen LogP contribution >= 0.6 is 0 Å². The van der Waals surface area contributed by atoms with Crippen LogP contribution in [-0.4, -0.2) is 17.4 Å². The summed E-state index contributed by atoms with van der Waals surface area (Å²) >= 11 is 0. The molecule has 1 aliphatic heterocycles. The lowest BCUT2D eigenvalue weighted by Gasteiger charge is -2.29. The van der Waals surface area contributed by atoms with Gasteiger partial charge in [0.15, 0.2) is 0 Å². The number of amides is 1. The molecule has 1 aliphatic rings. The van der Waals surface area contributed by atoms with Crippen molar-refractivity contribution in [2.75, 3.05) is 6.54 Å². The van der Waals surface area contributed by atoms with Crippen molar-refractivity contribution in [3.05, 3.63) is 71.0 Å². The highest BCUT2D eigenvalue weighted by molar-refractivity contribution is 5.97. The molecule has 1 aromatic heterocycles. The molecular formula is C19H17NO2. The number of nitrogens with zero attached hydrogens (tertiary/aromatic N) is 1. The zero-order chi connectivity index (χ0) is 15.1. The molecule has 3 heteroatoms. The fourth-order valence-corrected chi connectivity index (χ4v) is 3.13. The Bertz CT molecular complexity index is 863. The molecule has 3 nitrogen and oxygen atoms in total. The second kappa shape index (κ2) is 5.02. The summed E-state index contributed by atoms with van der Waals surface area (Å²) in [7, 11) is 0. The van der Waals surface area contributed by atoms with E-state index in [4.69, 9.17) is 4.42 Å². The average Bonchev–Trinajstić information content (AvgIpc) is 3.01. The fourth-order valence-electron chi connectivity index (χ4n) is 3.13. The first-order chi connectivity index (χ1) is 10.7. The van der Waals surface area contributed by atoms with Crippen molar-refractivity contribution in [1.29, 1.82) is 0 Å². The van der Waals surface area contributed by atoms with Crippen LogP contribution in [0.5, 0.6) is 0 Å². The first-order valence-corrected chi connectivity index (χ1v) is 7.56. The normalized spacial score (nSPS) is 14.1. The molecule has 0 fully saturated rings. The topological polar surface area (TPSA) is 33.5 Å². The van der Waals surface area contributed by atoms with Gasteiger partial charge in [-0.25, -0.2) is 0 Å². The Morgan fingerprint density at radius 1 is 1.09 bits per heavy atom. The Kier molecular flexibility index (Phi) is 3.00. The van der Waals surface area contributed by atoms with E-state index >= 15 is 0 Å². The summed E-state index contributed by atoms with van der Waals surface area (Å²) in [4.78, 5) is 14.6. The van der Waals surface area contributed by atoms with Crippen molar-refractivity contribution in [1.82, 2.24) is 4.90 Å². The molecule has 1 amide bonds. The van der Waals surface area contributed by atoms with Crippen molar-refractivity contribution >= 4 is 16.9 Å². The van der Waals surface area contributed by atoms with Gasteiger partial charge >= 0.3 is 0 Å². The monoisotopic (exact) mass is 291 g/mol. The molecule has 4 rings (SSSR count). The van der Waals surface area contributed by atoms with Gasteiger partial charge < -0.3 is 9.32 Å². The van der Waals surface area contributed by atoms with Crippen LogP contribution in [0.15, 0.2) is 53.1 Å². The van der Waals surface area contributed by atoms with Gasteiger partial charge in [0.25, 0.3) is 5.91 Å². The predicted molar refractivity (Wildman–Crippen MR) is 85.8 cm³/mol. The first kappa shape index (κ1) is 13.1. The third-order valence-electron chi connectivity index (χ3n) is 4.36. The third-order valence-corrected chi connectivity index (χ3v) is 4.36. The van der Waals surface area contributed by atoms with E-state index in [1.54, 1.807) is 6.26 Å². The maximum atomic E-state index is 12.7. The van der Waals surface area contributed by atoms with Crippen molar-refractivity contribution in [3.8, 4) is 0 Å². The Labute approximate surface area is 129 Å². The van der Waals surface area contributed by atoms with Gasteiger partial charge in [-0.05, 0) is 42.7 Å². The number of fused-ring (bicyclic) bond motifs is 2. The van der Waals surface area contributed by atoms with Gasteiger partial charge in [0.2, 0.25) is 0 Å². The summed E-state index contributed by atoms with van der Waals surface area (Å²) in [6.07, 6.45) is 2.57. The Morgan fingerprint density at radius 2 is 2.00 bits per heavy atom. The first-order valence-electron chi connectivity index (χ1n) is 7.56. The number of rotatable bonds is 1. The number of carbonyl (C=O) groups is 1. The Hall–Kier alpha value is -2.55. The number of aryl methyl sites for hydroxylation is 1. The zero-order valence-corrected chi connectivity index (χ0v) is 12.5. The highest BCUT2D eigenvalue weighted by Gasteiger charge is 2.22. The maximum Gasteiger partial charge on any atom is 0.254 e. The van der Waals surface area contributed by atoms with Crippen molar-refractivity contribution in [2.45, 2.75) is 19.9 Å². The molecule has 22 heavy (non-hydrogen) atoms. The summed E-state index contributed by atoms with van der Waals surface area (Å²) in [5, 5.41) is 1.02. The minimum atomic E-state index is 0.0736. The largest absolute Gasteiger partial charge is 0.464 e. The molecule has 0 radical (unpaired) electrons. The standard InChI is InChI=1S/C19H17NO2/c1-13-2-3-17-12-20(8-6-15(17)10-13)19(21)16-5-4-14-7-9-22-18(14)11-16/h2-5,7,9-11H,6,8,12H2,1H3. The highest BCUT2D eigenvalue weighted by Crippen LogP contribution is 2.23. The lowest BCUT2D eigenvalue weighted by molar-refractivity contribution is 0.0735. The summed E-state index contributed by atoms with van der Waals surface area (Å²) in [5.74, 6) is 0.0736. The molecule has 0 atom stereocenters. The molecule has 0 saturated carbocycles. The van der Waals surface area contributed by atoms with Gasteiger partial charge in [-0.3, -0.25) is 4.79 Å². The van der Waals surface area contributed by atoms with Crippen molar-refractivity contribution in [3.63, 3.8) is 0 Å². The second-order valence-corrected chi connectivity index (χ2v) is 5.92. The Balaban J connectivity index is 1.62. The Morgan fingerprint density at radius 3 is 2.91 bits per heavy atom. The van der Waals surface area contributed by atoms with E-state index in [2.05, 4.69) is 25.1 Å². The molecule has 2 aromatic carbocycles. The van der Waals surface area contributed by atoms with E-state index in [0.717, 1.165) is 23.9 Å². The average molecular weight is 291 g/mol. The molecule has 3 aromatic rings. The molecule has 0 aliphatic carbocycles. The molecule has 0 saturated heterocycles. The van der Waals surface area contributed by atoms with Gasteiger partial charge in [0.05, 0.1) is 6.26 Å². The van der Waals surface area contributed by atoms with Crippen LogP contribution in [0.25, 0.3) is 11.0 Å². The van der Waals surface area contributed by atoms with Gasteiger partial charge in [0, 0.05) is 24.0 Å². The third kappa shape index (κ3) is 2.19. The van der Waals surface area contributed by atoms with Crippen LogP contribution < -0.4 is 0 Å². The van der Waals surface area contributed by atoms with Gasteiger partial charge in [-0.2, -0.15) is 0 Å². The SMILES string of the molecule is Cc1ccc2c(c1)CCN(C(=O)c1ccc3ccoc3c1)C2. The van der Waals surface area contributed by atoms with Crippen molar-refractivity contribution in [2.24, 2.45) is 0 Å². The van der Waals surface area contributed by atoms with Crippen LogP contribution in [0.4, 0.5) is 0 Å². The van der Waals surface area contributed by atoms with Crippen molar-refractivity contribution < 1.29 is 9.21 Å². The van der Waals surface area contributed by atoms with Crippen LogP contribution in [0.2, 0.25) is 0 Å². The number of benzene rings is 2. The molecule has 0 unspecified atom stereocenters. The van der Waals surface area contributed by atoms with E-state index in [-0.39, 0.29) is 5.91 Å². The summed E-state index contributed by atoms with van der Waals surface area (Å²) in [5.41, 5.74) is 5.36. The quantitative estimate of drug-likeness (QED) is 0.680. The van der Waals surface area contributed by atoms with E-state index in [9.17, 15) is 4.79 Å². The number of hydrogen-bond acceptors (Lipinski definition) is 2. The number of carbonyl (C=O) groups excluding carboxylic acids is 1. The van der Waals surface area contributed by atoms with Crippen LogP contribution in [0.3, 0.4) is 0 Å². The van der Waals surface area contributed by atoms with E-state index < -0.39 is 0 Å². The molecule has 0 bridgehead atoms. The predicted octanol–water partition coefficient (Wildman–Crippen LogP) is 3.94. The fraction of sp³-hybridized carbons (Fsp3) is 0.211. The summed E-state index contributed by atoms with van der Waals surface area (Å²) in [6, 6.07) is 14.0. The lowest BCUT2D eigenvalue weighted by Crippen LogP contribution is -2.35. The van der Waals surface area contributed by atoms with E-state index in [1.807, 2.05) is 29.2 Å². The van der Waals surface area contributed by atoms with E-state index in [0.29, 0.717) is 12.1 Å².